The van der Waals surface area contributed by atoms with Gasteiger partial charge in [0.2, 0.25) is 0 Å². The lowest BCUT2D eigenvalue weighted by atomic mass is 10.1. The summed E-state index contributed by atoms with van der Waals surface area (Å²) in [4.78, 5) is 2.20. The van der Waals surface area contributed by atoms with E-state index in [0.29, 0.717) is 12.4 Å². The van der Waals surface area contributed by atoms with Gasteiger partial charge in [0, 0.05) is 18.7 Å². The van der Waals surface area contributed by atoms with Gasteiger partial charge in [-0.2, -0.15) is 0 Å². The van der Waals surface area contributed by atoms with E-state index < -0.39 is 0 Å². The summed E-state index contributed by atoms with van der Waals surface area (Å²) in [5.41, 5.74) is 2.11. The van der Waals surface area contributed by atoms with E-state index in [-0.39, 0.29) is 12.4 Å². The Hall–Kier alpha value is -2.00. The third-order valence-corrected chi connectivity index (χ3v) is 4.26. The molecule has 0 fully saturated rings. The van der Waals surface area contributed by atoms with Crippen LogP contribution >= 0.6 is 12.4 Å². The smallest absolute Gasteiger partial charge is 0.128 e. The van der Waals surface area contributed by atoms with E-state index in [0.717, 1.165) is 55.6 Å². The number of nitrogens with one attached hydrogen (secondary N) is 1. The van der Waals surface area contributed by atoms with Crippen molar-refractivity contribution >= 4 is 18.2 Å². The predicted molar refractivity (Wildman–Crippen MR) is 113 cm³/mol. The number of amidine groups is 1. The van der Waals surface area contributed by atoms with Crippen LogP contribution in [0.4, 0.5) is 0 Å². The van der Waals surface area contributed by atoms with E-state index in [2.05, 4.69) is 30.9 Å². The molecule has 142 valence electrons. The Morgan fingerprint density at radius 3 is 2.00 bits per heavy atom. The molecule has 0 saturated heterocycles. The molecule has 0 aromatic heterocycles. The molecule has 1 N–H and O–H groups in total. The monoisotopic (exact) mass is 374 g/mol. The van der Waals surface area contributed by atoms with Crippen LogP contribution in [0.25, 0.3) is 0 Å². The Kier molecular flexibility index (Phi) is 10.5. The highest BCUT2D eigenvalue weighted by molar-refractivity contribution is 5.96. The van der Waals surface area contributed by atoms with Gasteiger partial charge in [-0.15, -0.1) is 12.4 Å². The van der Waals surface area contributed by atoms with E-state index in [1.807, 2.05) is 42.5 Å². The quantitative estimate of drug-likeness (QED) is 0.414. The van der Waals surface area contributed by atoms with Gasteiger partial charge in [-0.25, -0.2) is 0 Å². The van der Waals surface area contributed by atoms with Crippen LogP contribution in [0.5, 0.6) is 5.75 Å². The molecule has 4 heteroatoms. The third kappa shape index (κ3) is 7.09. The Morgan fingerprint density at radius 1 is 0.885 bits per heavy atom. The largest absolute Gasteiger partial charge is 0.489 e. The Bertz CT molecular complexity index is 620. The standard InChI is InChI=1S/C22H30N2O.ClH/c1-3-5-16-24(17-6-4-2)22(23)20-12-14-21(15-13-20)25-18-19-10-8-7-9-11-19;/h7-15,23H,3-6,16-18H2,1-2H3;1H. The van der Waals surface area contributed by atoms with Gasteiger partial charge in [0.05, 0.1) is 0 Å². The van der Waals surface area contributed by atoms with Crippen molar-refractivity contribution < 1.29 is 4.74 Å². The number of benzene rings is 2. The van der Waals surface area contributed by atoms with E-state index in [4.69, 9.17) is 10.1 Å². The van der Waals surface area contributed by atoms with Crippen molar-refractivity contribution in [3.05, 3.63) is 65.7 Å². The van der Waals surface area contributed by atoms with Gasteiger partial charge in [0.1, 0.15) is 18.2 Å². The summed E-state index contributed by atoms with van der Waals surface area (Å²) in [5.74, 6) is 1.46. The van der Waals surface area contributed by atoms with Crippen molar-refractivity contribution in [1.29, 1.82) is 5.41 Å². The molecule has 3 nitrogen and oxygen atoms in total. The van der Waals surface area contributed by atoms with Crippen molar-refractivity contribution in [3.63, 3.8) is 0 Å². The molecule has 0 spiro atoms. The molecule has 0 unspecified atom stereocenters. The molecular weight excluding hydrogens is 344 g/mol. The average Bonchev–Trinajstić information content (AvgIpc) is 2.67. The Morgan fingerprint density at radius 2 is 1.46 bits per heavy atom. The van der Waals surface area contributed by atoms with E-state index in [9.17, 15) is 0 Å². The fraction of sp³-hybridized carbons (Fsp3) is 0.409. The lowest BCUT2D eigenvalue weighted by Gasteiger charge is -2.25. The molecule has 0 aliphatic rings. The predicted octanol–water partition coefficient (Wildman–Crippen LogP) is 5.91. The van der Waals surface area contributed by atoms with Crippen LogP contribution in [0.3, 0.4) is 0 Å². The summed E-state index contributed by atoms with van der Waals surface area (Å²) < 4.78 is 5.83. The number of hydrogen-bond acceptors (Lipinski definition) is 2. The lowest BCUT2D eigenvalue weighted by molar-refractivity contribution is 0.306. The van der Waals surface area contributed by atoms with Crippen LogP contribution in [0.15, 0.2) is 54.6 Å². The minimum Gasteiger partial charge on any atom is -0.489 e. The normalized spacial score (nSPS) is 10.1. The van der Waals surface area contributed by atoms with Crippen LogP contribution in [0.2, 0.25) is 0 Å². The number of halogens is 1. The zero-order valence-electron chi connectivity index (χ0n) is 15.9. The van der Waals surface area contributed by atoms with Gasteiger partial charge in [-0.3, -0.25) is 5.41 Å². The molecule has 26 heavy (non-hydrogen) atoms. The van der Waals surface area contributed by atoms with Crippen molar-refractivity contribution in [2.45, 2.75) is 46.1 Å². The Labute approximate surface area is 164 Å². The first-order valence-electron chi connectivity index (χ1n) is 9.35. The van der Waals surface area contributed by atoms with Gasteiger partial charge in [-0.1, -0.05) is 57.0 Å². The molecule has 0 radical (unpaired) electrons. The summed E-state index contributed by atoms with van der Waals surface area (Å²) in [7, 11) is 0. The van der Waals surface area contributed by atoms with Gasteiger partial charge in [0.15, 0.2) is 0 Å². The number of ether oxygens (including phenoxy) is 1. The number of unbranched alkanes of at least 4 members (excludes halogenated alkanes) is 2. The second-order valence-electron chi connectivity index (χ2n) is 6.34. The highest BCUT2D eigenvalue weighted by Gasteiger charge is 2.11. The van der Waals surface area contributed by atoms with Crippen molar-refractivity contribution in [3.8, 4) is 5.75 Å². The first-order valence-corrected chi connectivity index (χ1v) is 9.35. The topological polar surface area (TPSA) is 36.3 Å². The van der Waals surface area contributed by atoms with E-state index >= 15 is 0 Å². The van der Waals surface area contributed by atoms with Crippen LogP contribution in [0.1, 0.15) is 50.7 Å². The summed E-state index contributed by atoms with van der Waals surface area (Å²) in [6.07, 6.45) is 4.57. The van der Waals surface area contributed by atoms with Gasteiger partial charge < -0.3 is 9.64 Å². The summed E-state index contributed by atoms with van der Waals surface area (Å²) in [6, 6.07) is 18.1. The molecule has 0 atom stereocenters. The maximum Gasteiger partial charge on any atom is 0.128 e. The minimum atomic E-state index is 0. The van der Waals surface area contributed by atoms with Crippen LogP contribution in [-0.4, -0.2) is 23.8 Å². The minimum absolute atomic E-state index is 0. The first-order chi connectivity index (χ1) is 12.2. The van der Waals surface area contributed by atoms with Gasteiger partial charge in [0.25, 0.3) is 0 Å². The molecule has 0 saturated carbocycles. The second-order valence-corrected chi connectivity index (χ2v) is 6.34. The molecule has 2 aromatic rings. The molecule has 2 rings (SSSR count). The molecule has 0 aliphatic carbocycles. The summed E-state index contributed by atoms with van der Waals surface area (Å²) >= 11 is 0. The summed E-state index contributed by atoms with van der Waals surface area (Å²) in [6.45, 7) is 6.88. The summed E-state index contributed by atoms with van der Waals surface area (Å²) in [5, 5.41) is 8.54. The Balaban J connectivity index is 0.00000338. The highest BCUT2D eigenvalue weighted by Crippen LogP contribution is 2.16. The number of rotatable bonds is 10. The molecule has 2 aromatic carbocycles. The van der Waals surface area contributed by atoms with Crippen molar-refractivity contribution in [1.82, 2.24) is 4.90 Å². The van der Waals surface area contributed by atoms with Crippen LogP contribution < -0.4 is 4.74 Å². The zero-order valence-corrected chi connectivity index (χ0v) is 16.7. The highest BCUT2D eigenvalue weighted by atomic mass is 35.5. The zero-order chi connectivity index (χ0) is 17.9. The fourth-order valence-corrected chi connectivity index (χ4v) is 2.67. The molecule has 0 aliphatic heterocycles. The molecule has 0 amide bonds. The molecule has 0 heterocycles. The number of nitrogens with zero attached hydrogens (tertiary/aromatic N) is 1. The number of hydrogen-bond donors (Lipinski definition) is 1. The van der Waals surface area contributed by atoms with Crippen molar-refractivity contribution in [2.75, 3.05) is 13.1 Å². The van der Waals surface area contributed by atoms with Gasteiger partial charge >= 0.3 is 0 Å². The third-order valence-electron chi connectivity index (χ3n) is 4.26. The maximum atomic E-state index is 8.54. The molecule has 0 bridgehead atoms. The maximum absolute atomic E-state index is 8.54. The van der Waals surface area contributed by atoms with Crippen LogP contribution in [0, 0.1) is 5.41 Å². The van der Waals surface area contributed by atoms with E-state index in [1.165, 1.54) is 0 Å². The molecular formula is C22H31ClN2O. The van der Waals surface area contributed by atoms with Gasteiger partial charge in [-0.05, 0) is 42.7 Å². The van der Waals surface area contributed by atoms with Crippen LogP contribution in [-0.2, 0) is 6.61 Å². The fourth-order valence-electron chi connectivity index (χ4n) is 2.67. The second kappa shape index (κ2) is 12.4. The van der Waals surface area contributed by atoms with E-state index in [1.54, 1.807) is 0 Å². The lowest BCUT2D eigenvalue weighted by Crippen LogP contribution is -2.32. The van der Waals surface area contributed by atoms with Crippen molar-refractivity contribution in [2.24, 2.45) is 0 Å². The average molecular weight is 375 g/mol. The first kappa shape index (κ1) is 22.0. The SMILES string of the molecule is CCCCN(CCCC)C(=N)c1ccc(OCc2ccccc2)cc1.Cl.